The van der Waals surface area contributed by atoms with Crippen LogP contribution in [0.4, 0.5) is 0 Å². The van der Waals surface area contributed by atoms with Crippen LogP contribution in [-0.2, 0) is 10.1 Å². The van der Waals surface area contributed by atoms with Gasteiger partial charge in [-0.05, 0) is 74.6 Å². The van der Waals surface area contributed by atoms with Crippen LogP contribution in [0.15, 0.2) is 44.4 Å². The summed E-state index contributed by atoms with van der Waals surface area (Å²) in [7, 11) is -4.03. The highest BCUT2D eigenvalue weighted by molar-refractivity contribution is 7.87. The Morgan fingerprint density at radius 3 is 2.08 bits per heavy atom. The summed E-state index contributed by atoms with van der Waals surface area (Å²) >= 11 is 0. The van der Waals surface area contributed by atoms with Crippen molar-refractivity contribution in [2.75, 3.05) is 0 Å². The molecule has 3 aromatic rings. The number of rotatable bonds is 3. The number of fused-ring (bicyclic) bond motifs is 1. The van der Waals surface area contributed by atoms with E-state index in [1.54, 1.807) is 32.9 Å². The van der Waals surface area contributed by atoms with Gasteiger partial charge in [0.15, 0.2) is 0 Å². The molecule has 0 spiro atoms. The van der Waals surface area contributed by atoms with Gasteiger partial charge in [0.25, 0.3) is 0 Å². The molecule has 26 heavy (non-hydrogen) atoms. The number of hydrogen-bond acceptors (Lipinski definition) is 5. The van der Waals surface area contributed by atoms with E-state index in [2.05, 4.69) is 0 Å². The van der Waals surface area contributed by atoms with Gasteiger partial charge in [0.1, 0.15) is 16.2 Å². The minimum atomic E-state index is -4.03. The predicted octanol–water partition coefficient (Wildman–Crippen LogP) is 4.10. The minimum Gasteiger partial charge on any atom is -0.423 e. The third-order valence-corrected chi connectivity index (χ3v) is 6.20. The molecule has 0 aliphatic carbocycles. The fourth-order valence-electron chi connectivity index (χ4n) is 3.08. The van der Waals surface area contributed by atoms with E-state index < -0.39 is 15.7 Å². The standard InChI is InChI=1S/C20H20O5S/c1-11-8-12(2)15(5)20(14(11)4)26(22,23)25-16-6-7-17-13(3)9-19(21)24-18(17)10-16/h6-10H,1-5H3. The fraction of sp³-hybridized carbons (Fsp3) is 0.250. The van der Waals surface area contributed by atoms with Gasteiger partial charge < -0.3 is 8.60 Å². The first-order valence-electron chi connectivity index (χ1n) is 8.16. The zero-order valence-corrected chi connectivity index (χ0v) is 16.2. The zero-order chi connectivity index (χ0) is 19.2. The Morgan fingerprint density at radius 2 is 1.46 bits per heavy atom. The Labute approximate surface area is 152 Å². The second kappa shape index (κ2) is 6.29. The van der Waals surface area contributed by atoms with Gasteiger partial charge in [0, 0.05) is 17.5 Å². The first kappa shape index (κ1) is 18.2. The number of benzene rings is 2. The average Bonchev–Trinajstić information content (AvgIpc) is 2.52. The molecule has 136 valence electrons. The summed E-state index contributed by atoms with van der Waals surface area (Å²) in [5.74, 6) is 0.101. The second-order valence-electron chi connectivity index (χ2n) is 6.53. The lowest BCUT2D eigenvalue weighted by Crippen LogP contribution is -2.14. The molecule has 1 aromatic heterocycles. The molecule has 0 saturated heterocycles. The molecule has 0 unspecified atom stereocenters. The van der Waals surface area contributed by atoms with Crippen molar-refractivity contribution in [3.8, 4) is 5.75 Å². The first-order chi connectivity index (χ1) is 12.1. The summed E-state index contributed by atoms with van der Waals surface area (Å²) in [6.45, 7) is 9.06. The molecule has 0 N–H and O–H groups in total. The molecule has 3 rings (SSSR count). The van der Waals surface area contributed by atoms with Crippen LogP contribution in [-0.4, -0.2) is 8.42 Å². The van der Waals surface area contributed by atoms with Gasteiger partial charge in [0.05, 0.1) is 0 Å². The molecule has 0 radical (unpaired) electrons. The van der Waals surface area contributed by atoms with Gasteiger partial charge in [-0.15, -0.1) is 0 Å². The van der Waals surface area contributed by atoms with Gasteiger partial charge in [-0.1, -0.05) is 6.07 Å². The van der Waals surface area contributed by atoms with Crippen LogP contribution in [0.3, 0.4) is 0 Å². The largest absolute Gasteiger partial charge is 0.423 e. The molecule has 0 saturated carbocycles. The normalized spacial score (nSPS) is 11.7. The Morgan fingerprint density at radius 1 is 0.846 bits per heavy atom. The lowest BCUT2D eigenvalue weighted by molar-refractivity contribution is 0.483. The van der Waals surface area contributed by atoms with E-state index in [0.717, 1.165) is 22.1 Å². The lowest BCUT2D eigenvalue weighted by Gasteiger charge is -2.16. The van der Waals surface area contributed by atoms with E-state index in [0.29, 0.717) is 11.1 Å². The van der Waals surface area contributed by atoms with Crippen LogP contribution < -0.4 is 9.81 Å². The summed E-state index contributed by atoms with van der Waals surface area (Å²) in [6, 6.07) is 8.01. The van der Waals surface area contributed by atoms with Crippen molar-refractivity contribution in [1.82, 2.24) is 0 Å². The lowest BCUT2D eigenvalue weighted by atomic mass is 10.0. The third-order valence-electron chi connectivity index (χ3n) is 4.68. The molecule has 0 aliphatic heterocycles. The molecule has 0 fully saturated rings. The average molecular weight is 372 g/mol. The molecule has 6 heteroatoms. The van der Waals surface area contributed by atoms with Crippen LogP contribution in [0.25, 0.3) is 11.0 Å². The van der Waals surface area contributed by atoms with Crippen LogP contribution in [0.5, 0.6) is 5.75 Å². The van der Waals surface area contributed by atoms with Gasteiger partial charge in [-0.25, -0.2) is 4.79 Å². The molecule has 0 atom stereocenters. The fourth-order valence-corrected chi connectivity index (χ4v) is 4.59. The van der Waals surface area contributed by atoms with Crippen molar-refractivity contribution in [3.05, 3.63) is 68.6 Å². The van der Waals surface area contributed by atoms with Crippen LogP contribution in [0, 0.1) is 34.6 Å². The number of hydrogen-bond donors (Lipinski definition) is 0. The van der Waals surface area contributed by atoms with Gasteiger partial charge in [-0.2, -0.15) is 8.42 Å². The minimum absolute atomic E-state index is 0.101. The highest BCUT2D eigenvalue weighted by Gasteiger charge is 2.24. The SMILES string of the molecule is Cc1cc(C)c(C)c(S(=O)(=O)Oc2ccc3c(C)cc(=O)oc3c2)c1C. The van der Waals surface area contributed by atoms with Crippen molar-refractivity contribution in [3.63, 3.8) is 0 Å². The second-order valence-corrected chi connectivity index (χ2v) is 8.02. The van der Waals surface area contributed by atoms with E-state index in [1.807, 2.05) is 19.9 Å². The Hall–Kier alpha value is -2.60. The van der Waals surface area contributed by atoms with E-state index in [9.17, 15) is 13.2 Å². The number of aryl methyl sites for hydroxylation is 3. The Balaban J connectivity index is 2.12. The summed E-state index contributed by atoms with van der Waals surface area (Å²) in [5.41, 5.74) is 3.65. The van der Waals surface area contributed by atoms with Gasteiger partial charge in [0.2, 0.25) is 0 Å². The Kier molecular flexibility index (Phi) is 4.40. The van der Waals surface area contributed by atoms with Gasteiger partial charge in [-0.3, -0.25) is 0 Å². The van der Waals surface area contributed by atoms with Crippen molar-refractivity contribution in [1.29, 1.82) is 0 Å². The quantitative estimate of drug-likeness (QED) is 0.511. The monoisotopic (exact) mass is 372 g/mol. The molecule has 1 heterocycles. The van der Waals surface area contributed by atoms with Crippen LogP contribution in [0.1, 0.15) is 27.8 Å². The molecule has 5 nitrogen and oxygen atoms in total. The van der Waals surface area contributed by atoms with Crippen molar-refractivity contribution >= 4 is 21.1 Å². The first-order valence-corrected chi connectivity index (χ1v) is 9.57. The maximum Gasteiger partial charge on any atom is 0.339 e. The summed E-state index contributed by atoms with van der Waals surface area (Å²) in [5, 5.41) is 0.730. The van der Waals surface area contributed by atoms with Crippen LogP contribution in [0.2, 0.25) is 0 Å². The van der Waals surface area contributed by atoms with Gasteiger partial charge >= 0.3 is 15.7 Å². The Bertz CT molecular complexity index is 1160. The van der Waals surface area contributed by atoms with E-state index >= 15 is 0 Å². The van der Waals surface area contributed by atoms with Crippen LogP contribution >= 0.6 is 0 Å². The summed E-state index contributed by atoms with van der Waals surface area (Å²) in [4.78, 5) is 11.7. The topological polar surface area (TPSA) is 73.6 Å². The van der Waals surface area contributed by atoms with Crippen molar-refractivity contribution in [2.45, 2.75) is 39.5 Å². The summed E-state index contributed by atoms with van der Waals surface area (Å²) < 4.78 is 36.3. The maximum atomic E-state index is 12.9. The highest BCUT2D eigenvalue weighted by Crippen LogP contribution is 2.30. The van der Waals surface area contributed by atoms with E-state index in [1.165, 1.54) is 12.1 Å². The highest BCUT2D eigenvalue weighted by atomic mass is 32.2. The molecular weight excluding hydrogens is 352 g/mol. The molecule has 2 aromatic carbocycles. The van der Waals surface area contributed by atoms with E-state index in [-0.39, 0.29) is 16.2 Å². The van der Waals surface area contributed by atoms with Crippen molar-refractivity contribution in [2.24, 2.45) is 0 Å². The molecular formula is C20H20O5S. The molecule has 0 bridgehead atoms. The third kappa shape index (κ3) is 3.12. The molecule has 0 amide bonds. The predicted molar refractivity (Wildman–Crippen MR) is 100 cm³/mol. The smallest absolute Gasteiger partial charge is 0.339 e. The van der Waals surface area contributed by atoms with E-state index in [4.69, 9.17) is 8.60 Å². The van der Waals surface area contributed by atoms with Crippen molar-refractivity contribution < 1.29 is 17.0 Å². The zero-order valence-electron chi connectivity index (χ0n) is 15.3. The maximum absolute atomic E-state index is 12.9. The summed E-state index contributed by atoms with van der Waals surface area (Å²) in [6.07, 6.45) is 0. The molecule has 0 aliphatic rings.